The van der Waals surface area contributed by atoms with Crippen LogP contribution in [0.4, 0.5) is 0 Å². The van der Waals surface area contributed by atoms with Crippen LogP contribution in [0.1, 0.15) is 24.0 Å². The highest BCUT2D eigenvalue weighted by Crippen LogP contribution is 2.30. The lowest BCUT2D eigenvalue weighted by molar-refractivity contribution is -0.917. The Balaban J connectivity index is 1.44. The van der Waals surface area contributed by atoms with Gasteiger partial charge in [0, 0.05) is 12.0 Å². The number of hydrogen-bond donors (Lipinski definition) is 0. The summed E-state index contributed by atoms with van der Waals surface area (Å²) >= 11 is 0. The maximum Gasteiger partial charge on any atom is 0.304 e. The second-order valence-corrected chi connectivity index (χ2v) is 8.99. The number of carbonyl (C=O) groups excluding carboxylic acids is 1. The third kappa shape index (κ3) is 5.44. The van der Waals surface area contributed by atoms with Gasteiger partial charge in [-0.1, -0.05) is 78.9 Å². The predicted octanol–water partition coefficient (Wildman–Crippen LogP) is 3.52. The highest BCUT2D eigenvalue weighted by Gasteiger charge is 2.38. The smallest absolute Gasteiger partial charge is 0.304 e. The number of likely N-dealkylation sites (N-methyl/N-ethyl adjacent to an activating group) is 1. The summed E-state index contributed by atoms with van der Waals surface area (Å²) in [5.41, 5.74) is -1.31. The van der Waals surface area contributed by atoms with Crippen LogP contribution in [0.5, 0.6) is 5.75 Å². The van der Waals surface area contributed by atoms with Gasteiger partial charge in [-0.25, -0.2) is 0 Å². The molecule has 1 heterocycles. The minimum Gasteiger partial charge on any atom is -0.834 e. The molecule has 0 aliphatic carbocycles. The molecule has 5 nitrogen and oxygen atoms in total. The minimum absolute atomic E-state index is 0.297. The molecule has 1 aliphatic rings. The van der Waals surface area contributed by atoms with E-state index in [1.807, 2.05) is 42.5 Å². The van der Waals surface area contributed by atoms with Crippen molar-refractivity contribution in [2.75, 3.05) is 33.3 Å². The Kier molecular flexibility index (Phi) is 7.11. The van der Waals surface area contributed by atoms with Gasteiger partial charge in [0.1, 0.15) is 25.4 Å². The molecule has 0 N–H and O–H groups in total. The number of nitrogens with zero attached hydrogens (tertiary/aromatic N) is 1. The average molecular weight is 446 g/mol. The monoisotopic (exact) mass is 445 g/mol. The lowest BCUT2D eigenvalue weighted by Crippen LogP contribution is -2.57. The van der Waals surface area contributed by atoms with E-state index in [9.17, 15) is 9.90 Å². The zero-order valence-electron chi connectivity index (χ0n) is 19.1. The number of hydrogen-bond acceptors (Lipinski definition) is 4. The van der Waals surface area contributed by atoms with E-state index >= 15 is 0 Å². The van der Waals surface area contributed by atoms with Gasteiger partial charge in [-0.05, 0) is 29.7 Å². The maximum atomic E-state index is 14.1. The molecule has 0 bridgehead atoms. The van der Waals surface area contributed by atoms with E-state index in [1.54, 1.807) is 48.5 Å². The fourth-order valence-corrected chi connectivity index (χ4v) is 4.56. The zero-order valence-corrected chi connectivity index (χ0v) is 19.1. The van der Waals surface area contributed by atoms with E-state index in [2.05, 4.69) is 7.05 Å². The summed E-state index contributed by atoms with van der Waals surface area (Å²) in [5.74, 6) is 0.116. The minimum atomic E-state index is -2.10. The molecule has 1 saturated heterocycles. The molecule has 3 aromatic carbocycles. The molecule has 0 aromatic heterocycles. The Bertz CT molecular complexity index is 986. The van der Waals surface area contributed by atoms with Crippen molar-refractivity contribution >= 4 is 5.97 Å². The van der Waals surface area contributed by atoms with E-state index < -0.39 is 11.6 Å². The highest BCUT2D eigenvalue weighted by atomic mass is 16.6. The van der Waals surface area contributed by atoms with Crippen LogP contribution < -0.4 is 9.84 Å². The Hall–Kier alpha value is -3.15. The first-order valence-corrected chi connectivity index (χ1v) is 11.5. The molecule has 1 fully saturated rings. The molecule has 0 spiro atoms. The molecule has 172 valence electrons. The number of ether oxygens (including phenoxy) is 2. The molecule has 0 amide bonds. The molecule has 2 atom stereocenters. The Morgan fingerprint density at radius 3 is 2.06 bits per heavy atom. The molecule has 0 radical (unpaired) electrons. The molecule has 3 aromatic rings. The van der Waals surface area contributed by atoms with Crippen molar-refractivity contribution in [3.8, 4) is 5.75 Å². The zero-order chi connectivity index (χ0) is 23.2. The Morgan fingerprint density at radius 2 is 1.48 bits per heavy atom. The Labute approximate surface area is 195 Å². The van der Waals surface area contributed by atoms with Crippen LogP contribution in [0.2, 0.25) is 0 Å². The Morgan fingerprint density at radius 1 is 0.939 bits per heavy atom. The topological polar surface area (TPSA) is 58.6 Å². The molecule has 33 heavy (non-hydrogen) atoms. The van der Waals surface area contributed by atoms with Crippen LogP contribution in [0.15, 0.2) is 91.0 Å². The van der Waals surface area contributed by atoms with Crippen LogP contribution in [-0.4, -0.2) is 49.8 Å². The molecule has 4 rings (SSSR count). The van der Waals surface area contributed by atoms with Gasteiger partial charge < -0.3 is 19.1 Å². The van der Waals surface area contributed by atoms with E-state index in [0.717, 1.165) is 36.2 Å². The predicted molar refractivity (Wildman–Crippen MR) is 126 cm³/mol. The van der Waals surface area contributed by atoms with Crippen LogP contribution in [-0.2, 0) is 15.1 Å². The summed E-state index contributed by atoms with van der Waals surface area (Å²) in [5, 5.41) is 14.1. The van der Waals surface area contributed by atoms with Crippen LogP contribution >= 0.6 is 0 Å². The van der Waals surface area contributed by atoms with Crippen molar-refractivity contribution in [2.24, 2.45) is 0 Å². The van der Waals surface area contributed by atoms with Crippen LogP contribution in [0.3, 0.4) is 0 Å². The molecule has 5 heteroatoms. The molecule has 0 saturated carbocycles. The number of esters is 1. The van der Waals surface area contributed by atoms with Gasteiger partial charge in [-0.3, -0.25) is 4.79 Å². The third-order valence-electron chi connectivity index (χ3n) is 6.43. The van der Waals surface area contributed by atoms with E-state index in [1.165, 1.54) is 0 Å². The van der Waals surface area contributed by atoms with Crippen LogP contribution in [0, 0.1) is 0 Å². The number of rotatable bonds is 8. The summed E-state index contributed by atoms with van der Waals surface area (Å²) in [6.07, 6.45) is 1.40. The van der Waals surface area contributed by atoms with Gasteiger partial charge in [-0.2, -0.15) is 0 Å². The first-order chi connectivity index (χ1) is 16.0. The molecule has 2 unspecified atom stereocenters. The lowest BCUT2D eigenvalue weighted by Gasteiger charge is -2.43. The number of likely N-dealkylation sites (tertiary alicyclic amines) is 1. The quantitative estimate of drug-likeness (QED) is 0.393. The first-order valence-electron chi connectivity index (χ1n) is 11.5. The van der Waals surface area contributed by atoms with Crippen LogP contribution in [0.25, 0.3) is 0 Å². The number of piperidine rings is 1. The van der Waals surface area contributed by atoms with Gasteiger partial charge >= 0.3 is 5.97 Å². The normalized spacial score (nSPS) is 20.7. The fraction of sp³-hybridized carbons (Fsp3) is 0.321. The van der Waals surface area contributed by atoms with Gasteiger partial charge in [-0.15, -0.1) is 0 Å². The maximum absolute atomic E-state index is 14.1. The largest absolute Gasteiger partial charge is 0.834 e. The third-order valence-corrected chi connectivity index (χ3v) is 6.43. The number of carbonyl (C=O) groups is 1. The average Bonchev–Trinajstić information content (AvgIpc) is 2.85. The highest BCUT2D eigenvalue weighted by molar-refractivity contribution is 5.85. The van der Waals surface area contributed by atoms with E-state index in [-0.39, 0.29) is 6.10 Å². The summed E-state index contributed by atoms with van der Waals surface area (Å²) in [7, 11) is 2.16. The summed E-state index contributed by atoms with van der Waals surface area (Å²) < 4.78 is 12.5. The summed E-state index contributed by atoms with van der Waals surface area (Å²) in [6, 6.07) is 27.3. The van der Waals surface area contributed by atoms with Gasteiger partial charge in [0.25, 0.3) is 0 Å². The van der Waals surface area contributed by atoms with Crippen molar-refractivity contribution < 1.29 is 23.9 Å². The van der Waals surface area contributed by atoms with Crippen molar-refractivity contribution in [2.45, 2.75) is 24.5 Å². The molecular formula is C28H31NO4. The number of quaternary nitrogens is 1. The SMILES string of the molecule is C[N+]1(CCOc2ccccc2)CCCC(OC(=O)C([O-])(c2ccccc2)c2ccccc2)C1. The van der Waals surface area contributed by atoms with Crippen molar-refractivity contribution in [1.29, 1.82) is 0 Å². The van der Waals surface area contributed by atoms with Crippen molar-refractivity contribution in [1.82, 2.24) is 0 Å². The van der Waals surface area contributed by atoms with E-state index in [0.29, 0.717) is 24.3 Å². The summed E-state index contributed by atoms with van der Waals surface area (Å²) in [4.78, 5) is 13.4. The van der Waals surface area contributed by atoms with Gasteiger partial charge in [0.05, 0.1) is 13.6 Å². The molecule has 1 aliphatic heterocycles. The fourth-order valence-electron chi connectivity index (χ4n) is 4.56. The van der Waals surface area contributed by atoms with Gasteiger partial charge in [0.15, 0.2) is 6.10 Å². The second-order valence-electron chi connectivity index (χ2n) is 8.99. The van der Waals surface area contributed by atoms with Crippen molar-refractivity contribution in [3.05, 3.63) is 102 Å². The lowest BCUT2D eigenvalue weighted by atomic mass is 9.86. The second kappa shape index (κ2) is 10.2. The summed E-state index contributed by atoms with van der Waals surface area (Å²) in [6.45, 7) is 3.05. The van der Waals surface area contributed by atoms with Gasteiger partial charge in [0.2, 0.25) is 0 Å². The standard InChI is InChI=1S/C28H31NO4/c1-29(20-21-32-25-16-9-4-10-17-25)19-11-18-26(22-29)33-27(30)28(31,23-12-5-2-6-13-23)24-14-7-3-8-15-24/h2-10,12-17,26H,11,18-22H2,1H3. The van der Waals surface area contributed by atoms with E-state index in [4.69, 9.17) is 9.47 Å². The first kappa shape index (κ1) is 23.0. The van der Waals surface area contributed by atoms with Crippen molar-refractivity contribution in [3.63, 3.8) is 0 Å². The number of benzene rings is 3. The molecular weight excluding hydrogens is 414 g/mol. The number of para-hydroxylation sites is 1.